The smallest absolute Gasteiger partial charge is 0.387 e. The van der Waals surface area contributed by atoms with Crippen LogP contribution >= 0.6 is 11.6 Å². The molecule has 168 valence electrons. The molecule has 2 aromatic heterocycles. The van der Waals surface area contributed by atoms with Gasteiger partial charge in [0.15, 0.2) is 0 Å². The van der Waals surface area contributed by atoms with Crippen LogP contribution in [0.5, 0.6) is 5.75 Å². The van der Waals surface area contributed by atoms with E-state index in [4.69, 9.17) is 21.1 Å². The van der Waals surface area contributed by atoms with E-state index in [1.165, 1.54) is 0 Å². The minimum absolute atomic E-state index is 0.121. The number of aryl methyl sites for hydroxylation is 2. The Bertz CT molecular complexity index is 1430. The van der Waals surface area contributed by atoms with Crippen molar-refractivity contribution in [3.05, 3.63) is 75.3 Å². The van der Waals surface area contributed by atoms with Gasteiger partial charge in [-0.2, -0.15) is 13.9 Å². The second kappa shape index (κ2) is 8.50. The third-order valence-corrected chi connectivity index (χ3v) is 5.85. The molecular weight excluding hydrogens is 450 g/mol. The Labute approximate surface area is 193 Å². The highest BCUT2D eigenvalue weighted by Crippen LogP contribution is 2.37. The number of hydrogen-bond acceptors (Lipinski definition) is 4. The Morgan fingerprint density at radius 3 is 2.73 bits per heavy atom. The van der Waals surface area contributed by atoms with Crippen molar-refractivity contribution in [3.8, 4) is 17.6 Å². The molecule has 0 fully saturated rings. The number of hydrogen-bond donors (Lipinski definition) is 0. The highest BCUT2D eigenvalue weighted by atomic mass is 35.5. The Morgan fingerprint density at radius 1 is 1.15 bits per heavy atom. The molecule has 0 saturated carbocycles. The van der Waals surface area contributed by atoms with E-state index in [0.29, 0.717) is 27.5 Å². The number of ether oxygens (including phenoxy) is 2. The van der Waals surface area contributed by atoms with Crippen molar-refractivity contribution in [2.75, 3.05) is 0 Å². The summed E-state index contributed by atoms with van der Waals surface area (Å²) in [4.78, 5) is 4.68. The maximum absolute atomic E-state index is 13.2. The van der Waals surface area contributed by atoms with Gasteiger partial charge in [0, 0.05) is 35.0 Å². The number of imidazole rings is 1. The van der Waals surface area contributed by atoms with Gasteiger partial charge >= 0.3 is 6.61 Å². The van der Waals surface area contributed by atoms with Crippen LogP contribution in [0.1, 0.15) is 33.6 Å². The zero-order valence-electron chi connectivity index (χ0n) is 17.9. The van der Waals surface area contributed by atoms with Crippen LogP contribution in [-0.2, 0) is 31.5 Å². The van der Waals surface area contributed by atoms with Crippen molar-refractivity contribution >= 4 is 22.6 Å². The maximum atomic E-state index is 13.2. The molecule has 3 heterocycles. The molecule has 0 atom stereocenters. The van der Waals surface area contributed by atoms with Crippen LogP contribution in [0.2, 0.25) is 5.02 Å². The first kappa shape index (κ1) is 21.4. The van der Waals surface area contributed by atoms with Gasteiger partial charge in [0.1, 0.15) is 18.2 Å². The fourth-order valence-electron chi connectivity index (χ4n) is 4.01. The van der Waals surface area contributed by atoms with Crippen molar-refractivity contribution in [2.24, 2.45) is 7.05 Å². The zero-order chi connectivity index (χ0) is 23.1. The monoisotopic (exact) mass is 468 g/mol. The molecule has 0 saturated heterocycles. The molecule has 0 N–H and O–H groups in total. The number of alkyl halides is 2. The van der Waals surface area contributed by atoms with Crippen LogP contribution in [0.15, 0.2) is 36.7 Å². The maximum Gasteiger partial charge on any atom is 0.387 e. The normalized spacial score (nSPS) is 13.2. The Morgan fingerprint density at radius 2 is 1.97 bits per heavy atom. The first-order valence-electron chi connectivity index (χ1n) is 10.2. The van der Waals surface area contributed by atoms with E-state index in [0.717, 1.165) is 22.2 Å². The minimum Gasteiger partial charge on any atom is -0.434 e. The third kappa shape index (κ3) is 4.17. The van der Waals surface area contributed by atoms with E-state index in [-0.39, 0.29) is 25.5 Å². The van der Waals surface area contributed by atoms with Gasteiger partial charge < -0.3 is 14.0 Å². The van der Waals surface area contributed by atoms with Crippen LogP contribution in [0.25, 0.3) is 11.0 Å². The molecule has 6 nitrogen and oxygen atoms in total. The summed E-state index contributed by atoms with van der Waals surface area (Å²) in [6.07, 6.45) is 3.54. The largest absolute Gasteiger partial charge is 0.434 e. The van der Waals surface area contributed by atoms with E-state index in [1.54, 1.807) is 23.9 Å². The minimum atomic E-state index is -2.95. The molecule has 9 heteroatoms. The van der Waals surface area contributed by atoms with Crippen molar-refractivity contribution in [2.45, 2.75) is 33.3 Å². The third-order valence-electron chi connectivity index (χ3n) is 5.51. The van der Waals surface area contributed by atoms with Gasteiger partial charge in [-0.3, -0.25) is 4.68 Å². The molecule has 0 spiro atoms. The molecule has 1 aliphatic heterocycles. The average Bonchev–Trinajstić information content (AvgIpc) is 3.31. The Kier molecular flexibility index (Phi) is 5.52. The summed E-state index contributed by atoms with van der Waals surface area (Å²) in [7, 11) is 1.83. The SMILES string of the molecule is Cc1cc(Cl)c2c(c1OC(F)F)Cn1c(nc3ccc(C#Cc4cnn(C)c4)cc31)COC2. The lowest BCUT2D eigenvalue weighted by molar-refractivity contribution is -0.0511. The van der Waals surface area contributed by atoms with E-state index in [1.807, 2.05) is 36.0 Å². The summed E-state index contributed by atoms with van der Waals surface area (Å²) in [6.45, 7) is -0.538. The molecule has 0 aliphatic carbocycles. The molecule has 0 radical (unpaired) electrons. The first-order valence-corrected chi connectivity index (χ1v) is 10.6. The van der Waals surface area contributed by atoms with Gasteiger partial charge in [-0.05, 0) is 36.8 Å². The van der Waals surface area contributed by atoms with Crippen LogP contribution in [0, 0.1) is 18.8 Å². The van der Waals surface area contributed by atoms with Crippen molar-refractivity contribution in [1.82, 2.24) is 19.3 Å². The van der Waals surface area contributed by atoms with Crippen LogP contribution in [0.3, 0.4) is 0 Å². The van der Waals surface area contributed by atoms with E-state index in [2.05, 4.69) is 21.9 Å². The zero-order valence-corrected chi connectivity index (χ0v) is 18.7. The van der Waals surface area contributed by atoms with Gasteiger partial charge in [-0.1, -0.05) is 23.4 Å². The number of halogens is 3. The number of nitrogens with zero attached hydrogens (tertiary/aromatic N) is 4. The second-order valence-electron chi connectivity index (χ2n) is 7.80. The predicted molar refractivity (Wildman–Crippen MR) is 119 cm³/mol. The molecule has 1 aliphatic rings. The Balaban J connectivity index is 1.62. The summed E-state index contributed by atoms with van der Waals surface area (Å²) in [5, 5.41) is 4.58. The van der Waals surface area contributed by atoms with Gasteiger partial charge in [-0.15, -0.1) is 0 Å². The summed E-state index contributed by atoms with van der Waals surface area (Å²) < 4.78 is 40.7. The van der Waals surface area contributed by atoms with Crippen LogP contribution in [0.4, 0.5) is 8.78 Å². The lowest BCUT2D eigenvalue weighted by atomic mass is 10.0. The van der Waals surface area contributed by atoms with E-state index in [9.17, 15) is 8.78 Å². The van der Waals surface area contributed by atoms with Gasteiger partial charge in [-0.25, -0.2) is 4.98 Å². The first-order chi connectivity index (χ1) is 15.9. The fourth-order valence-corrected chi connectivity index (χ4v) is 4.34. The standard InChI is InChI=1S/C24H19ClF2N4O2/c1-14-7-19(25)18-12-32-13-22-29-20-6-5-15(3-4-16-9-28-30(2)10-16)8-21(20)31(22)11-17(18)23(14)33-24(26)27/h5-10,24H,11-13H2,1-2H3. The van der Waals surface area contributed by atoms with Crippen molar-refractivity contribution in [1.29, 1.82) is 0 Å². The van der Waals surface area contributed by atoms with Crippen LogP contribution < -0.4 is 4.74 Å². The summed E-state index contributed by atoms with van der Waals surface area (Å²) >= 11 is 6.45. The molecule has 5 rings (SSSR count). The van der Waals surface area contributed by atoms with Gasteiger partial charge in [0.2, 0.25) is 0 Å². The van der Waals surface area contributed by atoms with Gasteiger partial charge in [0.25, 0.3) is 0 Å². The lowest BCUT2D eigenvalue weighted by Gasteiger charge is -2.22. The molecule has 4 aromatic rings. The second-order valence-corrected chi connectivity index (χ2v) is 8.21. The summed E-state index contributed by atoms with van der Waals surface area (Å²) in [5.74, 6) is 7.05. The quantitative estimate of drug-likeness (QED) is 0.396. The van der Waals surface area contributed by atoms with Gasteiger partial charge in [0.05, 0.1) is 35.9 Å². The molecular formula is C24H19ClF2N4O2. The number of aromatic nitrogens is 4. The van der Waals surface area contributed by atoms with Crippen molar-refractivity contribution < 1.29 is 18.3 Å². The van der Waals surface area contributed by atoms with E-state index < -0.39 is 6.61 Å². The van der Waals surface area contributed by atoms with Crippen molar-refractivity contribution in [3.63, 3.8) is 0 Å². The summed E-state index contributed by atoms with van der Waals surface area (Å²) in [5.41, 5.74) is 4.92. The topological polar surface area (TPSA) is 54.1 Å². The lowest BCUT2D eigenvalue weighted by Crippen LogP contribution is -2.16. The molecule has 2 aromatic carbocycles. The number of benzene rings is 2. The fraction of sp³-hybridized carbons (Fsp3) is 0.250. The van der Waals surface area contributed by atoms with Crippen LogP contribution in [-0.4, -0.2) is 25.9 Å². The highest BCUT2D eigenvalue weighted by Gasteiger charge is 2.24. The number of rotatable bonds is 2. The Hall–Kier alpha value is -3.41. The number of fused-ring (bicyclic) bond motifs is 4. The molecule has 0 amide bonds. The summed E-state index contributed by atoms with van der Waals surface area (Å²) in [6, 6.07) is 7.35. The molecule has 0 bridgehead atoms. The average molecular weight is 469 g/mol. The molecule has 0 unspecified atom stereocenters. The molecule has 33 heavy (non-hydrogen) atoms. The highest BCUT2D eigenvalue weighted by molar-refractivity contribution is 6.31. The predicted octanol–water partition coefficient (Wildman–Crippen LogP) is 4.81. The van der Waals surface area contributed by atoms with E-state index >= 15 is 0 Å².